The number of aromatic amines is 1. The summed E-state index contributed by atoms with van der Waals surface area (Å²) in [5.41, 5.74) is 5.09. The predicted octanol–water partition coefficient (Wildman–Crippen LogP) is 5.23. The monoisotopic (exact) mass is 363 g/mol. The van der Waals surface area contributed by atoms with Crippen molar-refractivity contribution in [2.24, 2.45) is 0 Å². The molecule has 4 rings (SSSR count). The number of carbonyl (C=O) groups is 1. The van der Waals surface area contributed by atoms with E-state index in [1.165, 1.54) is 5.56 Å². The Bertz CT molecular complexity index is 1090. The molecule has 2 aromatic heterocycles. The van der Waals surface area contributed by atoms with E-state index < -0.39 is 0 Å². The predicted molar refractivity (Wildman–Crippen MR) is 108 cm³/mol. The van der Waals surface area contributed by atoms with Gasteiger partial charge in [-0.1, -0.05) is 12.1 Å². The number of nitrogens with zero attached hydrogens (tertiary/aromatic N) is 2. The van der Waals surface area contributed by atoms with Crippen LogP contribution in [0.5, 0.6) is 0 Å². The molecular formula is C21H21N3OS. The van der Waals surface area contributed by atoms with E-state index in [0.29, 0.717) is 5.56 Å². The SMILES string of the molecule is Cc1[nH]c2ccc(C(=O)N(C)C(C)c3nc4ccccc4s3)cc2c1C. The van der Waals surface area contributed by atoms with Crippen LogP contribution < -0.4 is 0 Å². The number of aryl methyl sites for hydroxylation is 2. The van der Waals surface area contributed by atoms with Gasteiger partial charge in [0.1, 0.15) is 5.01 Å². The second kappa shape index (κ2) is 6.25. The van der Waals surface area contributed by atoms with Crippen molar-refractivity contribution in [1.29, 1.82) is 0 Å². The maximum absolute atomic E-state index is 13.0. The van der Waals surface area contributed by atoms with E-state index >= 15 is 0 Å². The highest BCUT2D eigenvalue weighted by atomic mass is 32.1. The first-order chi connectivity index (χ1) is 12.5. The van der Waals surface area contributed by atoms with Gasteiger partial charge < -0.3 is 9.88 Å². The van der Waals surface area contributed by atoms with Crippen molar-refractivity contribution >= 4 is 38.4 Å². The molecule has 0 saturated carbocycles. The minimum atomic E-state index is -0.0790. The summed E-state index contributed by atoms with van der Waals surface area (Å²) in [5.74, 6) is 0.0110. The van der Waals surface area contributed by atoms with E-state index in [9.17, 15) is 4.79 Å². The first-order valence-corrected chi connectivity index (χ1v) is 9.49. The van der Waals surface area contributed by atoms with Crippen molar-refractivity contribution in [1.82, 2.24) is 14.9 Å². The number of para-hydroxylation sites is 1. The van der Waals surface area contributed by atoms with Gasteiger partial charge in [-0.15, -0.1) is 11.3 Å². The maximum atomic E-state index is 13.0. The lowest BCUT2D eigenvalue weighted by Gasteiger charge is -2.23. The summed E-state index contributed by atoms with van der Waals surface area (Å²) in [5, 5.41) is 2.06. The van der Waals surface area contributed by atoms with Crippen molar-refractivity contribution in [3.63, 3.8) is 0 Å². The molecule has 0 spiro atoms. The minimum Gasteiger partial charge on any atom is -0.358 e. The molecule has 0 aliphatic carbocycles. The summed E-state index contributed by atoms with van der Waals surface area (Å²) in [6.07, 6.45) is 0. The molecule has 0 fully saturated rings. The molecule has 132 valence electrons. The van der Waals surface area contributed by atoms with Gasteiger partial charge in [0.15, 0.2) is 0 Å². The lowest BCUT2D eigenvalue weighted by atomic mass is 10.1. The van der Waals surface area contributed by atoms with E-state index in [0.717, 1.165) is 31.8 Å². The molecule has 0 bridgehead atoms. The summed E-state index contributed by atoms with van der Waals surface area (Å²) in [4.78, 5) is 22.8. The van der Waals surface area contributed by atoms with Crippen LogP contribution >= 0.6 is 11.3 Å². The van der Waals surface area contributed by atoms with E-state index in [4.69, 9.17) is 4.98 Å². The van der Waals surface area contributed by atoms with E-state index in [1.54, 1.807) is 16.2 Å². The first kappa shape index (κ1) is 16.8. The summed E-state index contributed by atoms with van der Waals surface area (Å²) in [7, 11) is 1.85. The van der Waals surface area contributed by atoms with Crippen molar-refractivity contribution in [2.75, 3.05) is 7.05 Å². The molecule has 26 heavy (non-hydrogen) atoms. The number of rotatable bonds is 3. The zero-order valence-electron chi connectivity index (χ0n) is 15.3. The highest BCUT2D eigenvalue weighted by Crippen LogP contribution is 2.30. The Morgan fingerprint density at radius 2 is 1.96 bits per heavy atom. The minimum absolute atomic E-state index is 0.0110. The second-order valence-corrected chi connectivity index (χ2v) is 7.81. The van der Waals surface area contributed by atoms with Crippen molar-refractivity contribution in [3.8, 4) is 0 Å². The van der Waals surface area contributed by atoms with Gasteiger partial charge in [-0.2, -0.15) is 0 Å². The summed E-state index contributed by atoms with van der Waals surface area (Å²) in [6, 6.07) is 13.9. The molecule has 2 heterocycles. The number of H-pyrrole nitrogens is 1. The fourth-order valence-corrected chi connectivity index (χ4v) is 4.27. The third-order valence-corrected chi connectivity index (χ3v) is 6.33. The maximum Gasteiger partial charge on any atom is 0.254 e. The Morgan fingerprint density at radius 3 is 2.73 bits per heavy atom. The Morgan fingerprint density at radius 1 is 1.19 bits per heavy atom. The topological polar surface area (TPSA) is 49.0 Å². The zero-order valence-corrected chi connectivity index (χ0v) is 16.1. The molecule has 2 aromatic carbocycles. The third-order valence-electron chi connectivity index (χ3n) is 5.12. The van der Waals surface area contributed by atoms with Gasteiger partial charge in [-0.25, -0.2) is 4.98 Å². The van der Waals surface area contributed by atoms with Crippen LogP contribution in [0.3, 0.4) is 0 Å². The van der Waals surface area contributed by atoms with Crippen molar-refractivity contribution in [2.45, 2.75) is 26.8 Å². The van der Waals surface area contributed by atoms with Gasteiger partial charge in [0.2, 0.25) is 0 Å². The molecule has 0 radical (unpaired) electrons. The average Bonchev–Trinajstić information content (AvgIpc) is 3.21. The quantitative estimate of drug-likeness (QED) is 0.542. The van der Waals surface area contributed by atoms with Crippen LogP contribution in [0.2, 0.25) is 0 Å². The van der Waals surface area contributed by atoms with Gasteiger partial charge in [0, 0.05) is 29.2 Å². The summed E-state index contributed by atoms with van der Waals surface area (Å²) < 4.78 is 1.15. The molecule has 4 aromatic rings. The Balaban J connectivity index is 1.65. The van der Waals surface area contributed by atoms with Gasteiger partial charge in [0.05, 0.1) is 16.3 Å². The zero-order chi connectivity index (χ0) is 18.4. The molecule has 1 N–H and O–H groups in total. The summed E-state index contributed by atoms with van der Waals surface area (Å²) in [6.45, 7) is 6.16. The Hall–Kier alpha value is -2.66. The van der Waals surface area contributed by atoms with Crippen LogP contribution in [-0.4, -0.2) is 27.8 Å². The van der Waals surface area contributed by atoms with Crippen molar-refractivity contribution in [3.05, 3.63) is 64.3 Å². The van der Waals surface area contributed by atoms with Crippen LogP contribution in [0.4, 0.5) is 0 Å². The molecule has 5 heteroatoms. The molecule has 1 unspecified atom stereocenters. The molecular weight excluding hydrogens is 342 g/mol. The molecule has 0 aliphatic rings. The molecule has 4 nitrogen and oxygen atoms in total. The fourth-order valence-electron chi connectivity index (χ4n) is 3.21. The van der Waals surface area contributed by atoms with Gasteiger partial charge >= 0.3 is 0 Å². The standard InChI is InChI=1S/C21H21N3OS/c1-12-13(2)22-17-10-9-15(11-16(12)17)21(25)24(4)14(3)20-23-18-7-5-6-8-19(18)26-20/h5-11,14,22H,1-4H3. The second-order valence-electron chi connectivity index (χ2n) is 6.75. The fraction of sp³-hybridized carbons (Fsp3) is 0.238. The van der Waals surface area contributed by atoms with Crippen molar-refractivity contribution < 1.29 is 4.79 Å². The average molecular weight is 363 g/mol. The first-order valence-electron chi connectivity index (χ1n) is 8.67. The Labute approximate surface area is 156 Å². The normalized spacial score (nSPS) is 12.6. The lowest BCUT2D eigenvalue weighted by Crippen LogP contribution is -2.29. The smallest absolute Gasteiger partial charge is 0.254 e. The number of amides is 1. The number of hydrogen-bond donors (Lipinski definition) is 1. The largest absolute Gasteiger partial charge is 0.358 e. The van der Waals surface area contributed by atoms with Gasteiger partial charge in [0.25, 0.3) is 5.91 Å². The number of benzene rings is 2. The molecule has 0 saturated heterocycles. The highest BCUT2D eigenvalue weighted by Gasteiger charge is 2.22. The molecule has 1 amide bonds. The van der Waals surface area contributed by atoms with Crippen LogP contribution in [0.1, 0.15) is 39.6 Å². The van der Waals surface area contributed by atoms with Crippen LogP contribution in [-0.2, 0) is 0 Å². The third kappa shape index (κ3) is 2.69. The number of aromatic nitrogens is 2. The van der Waals surface area contributed by atoms with Crippen LogP contribution in [0.15, 0.2) is 42.5 Å². The van der Waals surface area contributed by atoms with Crippen LogP contribution in [0, 0.1) is 13.8 Å². The van der Waals surface area contributed by atoms with Gasteiger partial charge in [-0.05, 0) is 56.7 Å². The molecule has 1 atom stereocenters. The highest BCUT2D eigenvalue weighted by molar-refractivity contribution is 7.18. The number of fused-ring (bicyclic) bond motifs is 2. The van der Waals surface area contributed by atoms with Crippen LogP contribution in [0.25, 0.3) is 21.1 Å². The Kier molecular flexibility index (Phi) is 4.04. The summed E-state index contributed by atoms with van der Waals surface area (Å²) >= 11 is 1.64. The van der Waals surface area contributed by atoms with E-state index in [2.05, 4.69) is 24.9 Å². The number of hydrogen-bond acceptors (Lipinski definition) is 3. The number of nitrogens with one attached hydrogen (secondary N) is 1. The lowest BCUT2D eigenvalue weighted by molar-refractivity contribution is 0.0742. The van der Waals surface area contributed by atoms with E-state index in [-0.39, 0.29) is 11.9 Å². The number of carbonyl (C=O) groups excluding carboxylic acids is 1. The van der Waals surface area contributed by atoms with E-state index in [1.807, 2.05) is 50.4 Å². The number of thiazole rings is 1. The molecule has 0 aliphatic heterocycles. The van der Waals surface area contributed by atoms with Gasteiger partial charge in [-0.3, -0.25) is 4.79 Å².